The highest BCUT2D eigenvalue weighted by Crippen LogP contribution is 1.86. The Labute approximate surface area is 67.4 Å². The lowest BCUT2D eigenvalue weighted by Gasteiger charge is -1.85. The number of amides is 1. The topological polar surface area (TPSA) is 138 Å². The molecule has 0 aliphatic carbocycles. The number of primary amides is 1. The molecule has 70 valence electrons. The van der Waals surface area contributed by atoms with Crippen molar-refractivity contribution in [1.29, 1.82) is 0 Å². The highest BCUT2D eigenvalue weighted by Gasteiger charge is 2.00. The van der Waals surface area contributed by atoms with E-state index >= 15 is 0 Å². The third-order valence-electron chi connectivity index (χ3n) is 0.553. The van der Waals surface area contributed by atoms with Gasteiger partial charge < -0.3 is 21.1 Å². The molecule has 0 aliphatic rings. The van der Waals surface area contributed by atoms with Gasteiger partial charge >= 0.3 is 18.0 Å². The molecule has 0 saturated heterocycles. The van der Waals surface area contributed by atoms with Gasteiger partial charge in [-0.1, -0.05) is 0 Å². The Balaban J connectivity index is 0. The summed E-state index contributed by atoms with van der Waals surface area (Å²) in [5, 5.41) is 23.0. The molecule has 0 saturated carbocycles. The van der Waals surface area contributed by atoms with Crippen LogP contribution in [0.1, 0.15) is 12.8 Å². The van der Waals surface area contributed by atoms with E-state index in [1.807, 2.05) is 0 Å². The van der Waals surface area contributed by atoms with Crippen LogP contribution < -0.4 is 5.73 Å². The first-order valence-corrected chi connectivity index (χ1v) is 2.78. The SMILES string of the molecule is NC(=O)O.O=C(O)CCC(=O)O. The number of hydrogen-bond donors (Lipinski definition) is 4. The van der Waals surface area contributed by atoms with Gasteiger partial charge in [-0.05, 0) is 0 Å². The van der Waals surface area contributed by atoms with Gasteiger partial charge in [0.25, 0.3) is 0 Å². The lowest BCUT2D eigenvalue weighted by molar-refractivity contribution is -0.143. The van der Waals surface area contributed by atoms with Crippen molar-refractivity contribution in [2.24, 2.45) is 5.73 Å². The van der Waals surface area contributed by atoms with E-state index in [2.05, 4.69) is 5.73 Å². The second-order valence-corrected chi connectivity index (χ2v) is 1.63. The monoisotopic (exact) mass is 179 g/mol. The maximum Gasteiger partial charge on any atom is 0.402 e. The predicted octanol–water partition coefficient (Wildman–Crippen LogP) is -0.441. The Hall–Kier alpha value is -1.79. The van der Waals surface area contributed by atoms with Crippen molar-refractivity contribution in [3.05, 3.63) is 0 Å². The Bertz CT molecular complexity index is 159. The van der Waals surface area contributed by atoms with Crippen LogP contribution in [0.25, 0.3) is 0 Å². The molecule has 0 unspecified atom stereocenters. The van der Waals surface area contributed by atoms with Gasteiger partial charge in [0, 0.05) is 0 Å². The number of rotatable bonds is 3. The highest BCUT2D eigenvalue weighted by molar-refractivity contribution is 5.75. The van der Waals surface area contributed by atoms with Crippen LogP contribution in [0.4, 0.5) is 4.79 Å². The van der Waals surface area contributed by atoms with E-state index in [1.54, 1.807) is 0 Å². The molecule has 5 N–H and O–H groups in total. The minimum atomic E-state index is -1.33. The van der Waals surface area contributed by atoms with Gasteiger partial charge in [0.2, 0.25) is 0 Å². The van der Waals surface area contributed by atoms with Crippen molar-refractivity contribution in [3.8, 4) is 0 Å². The second kappa shape index (κ2) is 7.32. The van der Waals surface area contributed by atoms with Crippen LogP contribution >= 0.6 is 0 Å². The van der Waals surface area contributed by atoms with Crippen molar-refractivity contribution >= 4 is 18.0 Å². The van der Waals surface area contributed by atoms with Crippen LogP contribution in [0.3, 0.4) is 0 Å². The fraction of sp³-hybridized carbons (Fsp3) is 0.400. The molecule has 0 heterocycles. The number of carbonyl (C=O) groups is 3. The summed E-state index contributed by atoms with van der Waals surface area (Å²) in [6.45, 7) is 0. The Morgan fingerprint density at radius 1 is 0.917 bits per heavy atom. The third kappa shape index (κ3) is 41.4. The van der Waals surface area contributed by atoms with E-state index in [1.165, 1.54) is 0 Å². The Morgan fingerprint density at radius 2 is 1.08 bits per heavy atom. The molecule has 0 aromatic carbocycles. The maximum absolute atomic E-state index is 9.64. The molecule has 0 fully saturated rings. The predicted molar refractivity (Wildman–Crippen MR) is 36.7 cm³/mol. The van der Waals surface area contributed by atoms with E-state index < -0.39 is 18.0 Å². The Kier molecular flexibility index (Phi) is 7.84. The molecule has 0 aromatic heterocycles. The van der Waals surface area contributed by atoms with E-state index in [4.69, 9.17) is 20.1 Å². The zero-order valence-electron chi connectivity index (χ0n) is 6.06. The molecule has 0 aromatic rings. The molecular weight excluding hydrogens is 170 g/mol. The number of nitrogens with two attached hydrogens (primary N) is 1. The Morgan fingerprint density at radius 3 is 1.17 bits per heavy atom. The number of carboxylic acids is 2. The molecular formula is C5H9NO6. The molecule has 0 rings (SSSR count). The van der Waals surface area contributed by atoms with Crippen molar-refractivity contribution < 1.29 is 29.7 Å². The van der Waals surface area contributed by atoms with Crippen molar-refractivity contribution in [2.45, 2.75) is 12.8 Å². The van der Waals surface area contributed by atoms with Crippen LogP contribution in [0, 0.1) is 0 Å². The van der Waals surface area contributed by atoms with Crippen LogP contribution in [0.15, 0.2) is 0 Å². The first-order valence-electron chi connectivity index (χ1n) is 2.78. The maximum atomic E-state index is 9.64. The number of aliphatic carboxylic acids is 2. The van der Waals surface area contributed by atoms with Gasteiger partial charge in [-0.2, -0.15) is 0 Å². The summed E-state index contributed by atoms with van der Waals surface area (Å²) in [6, 6.07) is 0. The summed E-state index contributed by atoms with van der Waals surface area (Å²) in [6.07, 6.45) is -1.93. The van der Waals surface area contributed by atoms with Gasteiger partial charge in [0.15, 0.2) is 0 Å². The summed E-state index contributed by atoms with van der Waals surface area (Å²) >= 11 is 0. The molecule has 0 aliphatic heterocycles. The fourth-order valence-corrected chi connectivity index (χ4v) is 0.214. The summed E-state index contributed by atoms with van der Waals surface area (Å²) in [5.41, 5.74) is 4.03. The summed E-state index contributed by atoms with van der Waals surface area (Å²) in [5.74, 6) is -2.15. The van der Waals surface area contributed by atoms with Crippen molar-refractivity contribution in [1.82, 2.24) is 0 Å². The molecule has 0 bridgehead atoms. The lowest BCUT2D eigenvalue weighted by atomic mass is 10.3. The average Bonchev–Trinajstić information content (AvgIpc) is 1.82. The summed E-state index contributed by atoms with van der Waals surface area (Å²) < 4.78 is 0. The lowest BCUT2D eigenvalue weighted by Crippen LogP contribution is -2.03. The van der Waals surface area contributed by atoms with Gasteiger partial charge in [0.1, 0.15) is 0 Å². The first-order chi connectivity index (χ1) is 5.36. The van der Waals surface area contributed by atoms with Gasteiger partial charge in [0.05, 0.1) is 12.8 Å². The van der Waals surface area contributed by atoms with E-state index in [9.17, 15) is 9.59 Å². The van der Waals surface area contributed by atoms with Crippen molar-refractivity contribution in [3.63, 3.8) is 0 Å². The molecule has 12 heavy (non-hydrogen) atoms. The van der Waals surface area contributed by atoms with E-state index in [0.717, 1.165) is 0 Å². The smallest absolute Gasteiger partial charge is 0.402 e. The number of hydrogen-bond acceptors (Lipinski definition) is 3. The highest BCUT2D eigenvalue weighted by atomic mass is 16.4. The van der Waals surface area contributed by atoms with Crippen LogP contribution in [0.5, 0.6) is 0 Å². The average molecular weight is 179 g/mol. The van der Waals surface area contributed by atoms with Gasteiger partial charge in [-0.15, -0.1) is 0 Å². The molecule has 7 heteroatoms. The van der Waals surface area contributed by atoms with Crippen LogP contribution in [0.2, 0.25) is 0 Å². The number of carboxylic acid groups (broad SMARTS) is 3. The molecule has 0 radical (unpaired) electrons. The van der Waals surface area contributed by atoms with E-state index in [-0.39, 0.29) is 12.8 Å². The summed E-state index contributed by atoms with van der Waals surface area (Å²) in [4.78, 5) is 28.1. The second-order valence-electron chi connectivity index (χ2n) is 1.63. The quantitative estimate of drug-likeness (QED) is 0.463. The molecule has 0 atom stereocenters. The molecule has 7 nitrogen and oxygen atoms in total. The first kappa shape index (κ1) is 12.8. The molecule has 1 amide bonds. The van der Waals surface area contributed by atoms with Crippen molar-refractivity contribution in [2.75, 3.05) is 0 Å². The van der Waals surface area contributed by atoms with Gasteiger partial charge in [-0.25, -0.2) is 4.79 Å². The van der Waals surface area contributed by atoms with Crippen LogP contribution in [-0.2, 0) is 9.59 Å². The minimum Gasteiger partial charge on any atom is -0.481 e. The van der Waals surface area contributed by atoms with Crippen LogP contribution in [-0.4, -0.2) is 33.4 Å². The van der Waals surface area contributed by atoms with E-state index in [0.29, 0.717) is 0 Å². The minimum absolute atomic E-state index is 0.296. The largest absolute Gasteiger partial charge is 0.481 e. The molecule has 0 spiro atoms. The zero-order valence-corrected chi connectivity index (χ0v) is 6.06. The third-order valence-corrected chi connectivity index (χ3v) is 0.553. The summed E-state index contributed by atoms with van der Waals surface area (Å²) in [7, 11) is 0. The zero-order chi connectivity index (χ0) is 10.1. The normalized spacial score (nSPS) is 7.67. The van der Waals surface area contributed by atoms with Gasteiger partial charge in [-0.3, -0.25) is 9.59 Å². The standard InChI is InChI=1S/C4H6O4.CH3NO2/c5-3(6)1-2-4(7)8;2-1(3)4/h1-2H2,(H,5,6)(H,7,8);2H2,(H,3,4). The fourth-order valence-electron chi connectivity index (χ4n) is 0.214.